The fraction of sp³-hybridized carbons (Fsp3) is 0.211. The lowest BCUT2D eigenvalue weighted by molar-refractivity contribution is 0.0954. The van der Waals surface area contributed by atoms with Crippen LogP contribution in [0.15, 0.2) is 55.1 Å². The van der Waals surface area contributed by atoms with Crippen molar-refractivity contribution in [3.05, 3.63) is 77.4 Å². The molecule has 0 radical (unpaired) electrons. The number of hydrogen-bond acceptors (Lipinski definition) is 4. The van der Waals surface area contributed by atoms with Crippen LogP contribution in [-0.2, 0) is 13.0 Å². The molecule has 0 aliphatic rings. The van der Waals surface area contributed by atoms with Crippen molar-refractivity contribution >= 4 is 5.91 Å². The Kier molecular flexibility index (Phi) is 5.20. The molecule has 1 heterocycles. The second-order valence-corrected chi connectivity index (χ2v) is 5.82. The highest BCUT2D eigenvalue weighted by atomic mass is 16.3. The highest BCUT2D eigenvalue weighted by molar-refractivity contribution is 5.94. The number of aliphatic hydroxyl groups excluding tert-OH is 1. The molecule has 2 N–H and O–H groups in total. The Bertz CT molecular complexity index is 842. The van der Waals surface area contributed by atoms with E-state index in [1.54, 1.807) is 17.1 Å². The largest absolute Gasteiger partial charge is 0.392 e. The number of carbonyl (C=O) groups excluding carboxylic acids is 1. The summed E-state index contributed by atoms with van der Waals surface area (Å²) in [5.41, 5.74) is 4.48. The van der Waals surface area contributed by atoms with E-state index in [0.717, 1.165) is 28.8 Å². The van der Waals surface area contributed by atoms with E-state index in [0.29, 0.717) is 12.1 Å². The van der Waals surface area contributed by atoms with Crippen LogP contribution in [0.5, 0.6) is 0 Å². The topological polar surface area (TPSA) is 80.0 Å². The van der Waals surface area contributed by atoms with E-state index >= 15 is 0 Å². The molecule has 25 heavy (non-hydrogen) atoms. The molecule has 0 spiro atoms. The van der Waals surface area contributed by atoms with Crippen LogP contribution in [0.4, 0.5) is 0 Å². The summed E-state index contributed by atoms with van der Waals surface area (Å²) in [5, 5.41) is 16.1. The Morgan fingerprint density at radius 2 is 1.92 bits per heavy atom. The van der Waals surface area contributed by atoms with Crippen LogP contribution in [0.25, 0.3) is 5.69 Å². The van der Waals surface area contributed by atoms with Crippen molar-refractivity contribution in [2.45, 2.75) is 20.0 Å². The number of hydrogen-bond donors (Lipinski definition) is 2. The highest BCUT2D eigenvalue weighted by Gasteiger charge is 2.09. The lowest BCUT2D eigenvalue weighted by atomic mass is 10.1. The van der Waals surface area contributed by atoms with Gasteiger partial charge in [0.1, 0.15) is 12.7 Å². The Morgan fingerprint density at radius 3 is 2.56 bits per heavy atom. The van der Waals surface area contributed by atoms with E-state index in [-0.39, 0.29) is 12.5 Å². The van der Waals surface area contributed by atoms with Crippen molar-refractivity contribution in [3.63, 3.8) is 0 Å². The first-order valence-corrected chi connectivity index (χ1v) is 8.10. The predicted molar refractivity (Wildman–Crippen MR) is 94.5 cm³/mol. The number of benzene rings is 2. The zero-order valence-electron chi connectivity index (χ0n) is 14.0. The minimum Gasteiger partial charge on any atom is -0.392 e. The lowest BCUT2D eigenvalue weighted by Crippen LogP contribution is -2.25. The van der Waals surface area contributed by atoms with Crippen LogP contribution in [0.1, 0.15) is 27.0 Å². The summed E-state index contributed by atoms with van der Waals surface area (Å²) < 4.78 is 1.67. The summed E-state index contributed by atoms with van der Waals surface area (Å²) in [7, 11) is 0. The van der Waals surface area contributed by atoms with Crippen molar-refractivity contribution in [3.8, 4) is 5.69 Å². The van der Waals surface area contributed by atoms with Crippen LogP contribution in [-0.4, -0.2) is 32.3 Å². The maximum atomic E-state index is 12.3. The third-order valence-corrected chi connectivity index (χ3v) is 4.03. The van der Waals surface area contributed by atoms with E-state index in [1.165, 1.54) is 6.33 Å². The van der Waals surface area contributed by atoms with Gasteiger partial charge in [0, 0.05) is 12.1 Å². The van der Waals surface area contributed by atoms with E-state index in [1.807, 2.05) is 43.3 Å². The van der Waals surface area contributed by atoms with E-state index in [4.69, 9.17) is 5.11 Å². The molecule has 0 aliphatic heterocycles. The van der Waals surface area contributed by atoms with Crippen molar-refractivity contribution < 1.29 is 9.90 Å². The quantitative estimate of drug-likeness (QED) is 0.722. The van der Waals surface area contributed by atoms with Crippen LogP contribution < -0.4 is 5.32 Å². The summed E-state index contributed by atoms with van der Waals surface area (Å²) >= 11 is 0. The lowest BCUT2D eigenvalue weighted by Gasteiger charge is -2.09. The molecule has 6 heteroatoms. The average Bonchev–Trinajstić information content (AvgIpc) is 3.16. The molecular formula is C19H20N4O2. The van der Waals surface area contributed by atoms with Crippen molar-refractivity contribution in [2.24, 2.45) is 0 Å². The first-order chi connectivity index (χ1) is 12.2. The van der Waals surface area contributed by atoms with Crippen LogP contribution >= 0.6 is 0 Å². The second-order valence-electron chi connectivity index (χ2n) is 5.82. The minimum atomic E-state index is -0.0970. The zero-order chi connectivity index (χ0) is 17.6. The van der Waals surface area contributed by atoms with Crippen LogP contribution in [0.3, 0.4) is 0 Å². The van der Waals surface area contributed by atoms with Crippen LogP contribution in [0, 0.1) is 6.92 Å². The number of aromatic nitrogens is 3. The highest BCUT2D eigenvalue weighted by Crippen LogP contribution is 2.14. The van der Waals surface area contributed by atoms with Gasteiger partial charge in [-0.25, -0.2) is 9.67 Å². The Morgan fingerprint density at radius 1 is 1.16 bits per heavy atom. The fourth-order valence-electron chi connectivity index (χ4n) is 2.62. The molecule has 0 bridgehead atoms. The van der Waals surface area contributed by atoms with Crippen molar-refractivity contribution in [1.82, 2.24) is 20.1 Å². The molecular weight excluding hydrogens is 316 g/mol. The Hall–Kier alpha value is -2.99. The number of nitrogens with one attached hydrogen (secondary N) is 1. The number of nitrogens with zero attached hydrogens (tertiary/aromatic N) is 3. The number of carbonyl (C=O) groups is 1. The van der Waals surface area contributed by atoms with Gasteiger partial charge < -0.3 is 10.4 Å². The van der Waals surface area contributed by atoms with Gasteiger partial charge in [0.25, 0.3) is 5.91 Å². The molecule has 0 aliphatic carbocycles. The molecule has 6 nitrogen and oxygen atoms in total. The van der Waals surface area contributed by atoms with Crippen molar-refractivity contribution in [1.29, 1.82) is 0 Å². The third kappa shape index (κ3) is 4.10. The summed E-state index contributed by atoms with van der Waals surface area (Å²) in [5.74, 6) is -0.0970. The molecule has 0 unspecified atom stereocenters. The predicted octanol–water partition coefficient (Wildman–Crippen LogP) is 2.04. The number of aliphatic hydroxyl groups is 1. The third-order valence-electron chi connectivity index (χ3n) is 4.03. The summed E-state index contributed by atoms with van der Waals surface area (Å²) in [6.07, 6.45) is 3.85. The molecule has 2 aromatic carbocycles. The van der Waals surface area contributed by atoms with Gasteiger partial charge in [-0.2, -0.15) is 5.10 Å². The zero-order valence-corrected chi connectivity index (χ0v) is 14.0. The first kappa shape index (κ1) is 16.9. The van der Waals surface area contributed by atoms with E-state index in [2.05, 4.69) is 15.4 Å². The molecule has 0 saturated heterocycles. The molecule has 128 valence electrons. The normalized spacial score (nSPS) is 10.6. The summed E-state index contributed by atoms with van der Waals surface area (Å²) in [4.78, 5) is 16.2. The minimum absolute atomic E-state index is 0.0426. The van der Waals surface area contributed by atoms with Gasteiger partial charge >= 0.3 is 0 Å². The van der Waals surface area contributed by atoms with Gasteiger partial charge in [-0.3, -0.25) is 4.79 Å². The number of amides is 1. The molecule has 1 aromatic heterocycles. The van der Waals surface area contributed by atoms with Gasteiger partial charge in [-0.05, 0) is 48.2 Å². The molecule has 0 fully saturated rings. The molecule has 3 rings (SSSR count). The van der Waals surface area contributed by atoms with Crippen molar-refractivity contribution in [2.75, 3.05) is 6.54 Å². The number of aryl methyl sites for hydroxylation is 1. The summed E-state index contributed by atoms with van der Waals surface area (Å²) in [6.45, 7) is 2.54. The van der Waals surface area contributed by atoms with Gasteiger partial charge in [0.15, 0.2) is 0 Å². The van der Waals surface area contributed by atoms with Gasteiger partial charge in [0.2, 0.25) is 0 Å². The van der Waals surface area contributed by atoms with Gasteiger partial charge in [-0.15, -0.1) is 0 Å². The summed E-state index contributed by atoms with van der Waals surface area (Å²) in [6, 6.07) is 13.2. The van der Waals surface area contributed by atoms with Crippen LogP contribution in [0.2, 0.25) is 0 Å². The van der Waals surface area contributed by atoms with E-state index < -0.39 is 0 Å². The van der Waals surface area contributed by atoms with Gasteiger partial charge in [-0.1, -0.05) is 24.3 Å². The maximum Gasteiger partial charge on any atom is 0.251 e. The molecule has 0 saturated carbocycles. The Labute approximate surface area is 146 Å². The van der Waals surface area contributed by atoms with E-state index in [9.17, 15) is 4.79 Å². The first-order valence-electron chi connectivity index (χ1n) is 8.10. The second kappa shape index (κ2) is 7.72. The molecule has 3 aromatic rings. The molecule has 1 amide bonds. The smallest absolute Gasteiger partial charge is 0.251 e. The number of rotatable bonds is 6. The Balaban J connectivity index is 1.58. The fourth-order valence-corrected chi connectivity index (χ4v) is 2.62. The monoisotopic (exact) mass is 336 g/mol. The average molecular weight is 336 g/mol. The van der Waals surface area contributed by atoms with Gasteiger partial charge in [0.05, 0.1) is 12.3 Å². The molecule has 0 atom stereocenters. The maximum absolute atomic E-state index is 12.3. The SMILES string of the molecule is Cc1cc(C(=O)NCCc2ccc(CO)cc2)ccc1-n1cncn1. The standard InChI is InChI=1S/C19H20N4O2/c1-14-10-17(6-7-18(14)23-13-20-12-22-23)19(25)21-9-8-15-2-4-16(11-24)5-3-15/h2-7,10,12-13,24H,8-9,11H2,1H3,(H,21,25).